The first-order chi connectivity index (χ1) is 10.7. The highest BCUT2D eigenvalue weighted by Crippen LogP contribution is 2.41. The summed E-state index contributed by atoms with van der Waals surface area (Å²) >= 11 is 0. The molecule has 0 bridgehead atoms. The van der Waals surface area contributed by atoms with E-state index >= 15 is 0 Å². The van der Waals surface area contributed by atoms with Gasteiger partial charge in [-0.3, -0.25) is 4.79 Å². The van der Waals surface area contributed by atoms with Crippen LogP contribution in [0.4, 0.5) is 0 Å². The first-order valence-electron chi connectivity index (χ1n) is 9.46. The minimum Gasteiger partial charge on any atom is -0.481 e. The Hall–Kier alpha value is -0.753. The van der Waals surface area contributed by atoms with Crippen molar-refractivity contribution in [2.24, 2.45) is 11.8 Å². The lowest BCUT2D eigenvalue weighted by Gasteiger charge is -2.38. The number of rotatable bonds is 6. The molecule has 0 spiro atoms. The van der Waals surface area contributed by atoms with Crippen LogP contribution in [0, 0.1) is 23.3 Å². The summed E-state index contributed by atoms with van der Waals surface area (Å²) in [4.78, 5) is 11.7. The standard InChI is InChI=1S/C20H36O2Si/c1-15(2)23(16(3)4,17(5)6)14-10-13-19(20(21)22)18-11-8-7-9-12-18/h15-19H,7-9,11-13H2,1-6H3,(H,21,22). The molecule has 1 fully saturated rings. The zero-order chi connectivity index (χ0) is 17.6. The van der Waals surface area contributed by atoms with Gasteiger partial charge in [0.1, 0.15) is 8.07 Å². The van der Waals surface area contributed by atoms with Gasteiger partial charge in [0.15, 0.2) is 0 Å². The highest BCUT2D eigenvalue weighted by Gasteiger charge is 2.41. The van der Waals surface area contributed by atoms with Gasteiger partial charge in [-0.15, -0.1) is 11.5 Å². The topological polar surface area (TPSA) is 37.3 Å². The molecule has 1 saturated carbocycles. The maximum atomic E-state index is 11.7. The van der Waals surface area contributed by atoms with Crippen LogP contribution in [0.5, 0.6) is 0 Å². The van der Waals surface area contributed by atoms with Gasteiger partial charge in [-0.25, -0.2) is 0 Å². The fourth-order valence-electron chi connectivity index (χ4n) is 4.74. The maximum Gasteiger partial charge on any atom is 0.307 e. The molecule has 0 amide bonds. The molecular weight excluding hydrogens is 300 g/mol. The Morgan fingerprint density at radius 2 is 1.48 bits per heavy atom. The number of hydrogen-bond donors (Lipinski definition) is 1. The van der Waals surface area contributed by atoms with Gasteiger partial charge in [-0.1, -0.05) is 60.8 Å². The molecule has 1 atom stereocenters. The lowest BCUT2D eigenvalue weighted by molar-refractivity contribution is -0.143. The van der Waals surface area contributed by atoms with Gasteiger partial charge < -0.3 is 5.11 Å². The molecule has 0 saturated heterocycles. The summed E-state index contributed by atoms with van der Waals surface area (Å²) in [5.74, 6) is 2.81. The molecule has 1 aliphatic carbocycles. The Kier molecular flexibility index (Phi) is 7.87. The van der Waals surface area contributed by atoms with Crippen molar-refractivity contribution in [2.75, 3.05) is 0 Å². The van der Waals surface area contributed by atoms with E-state index in [-0.39, 0.29) is 5.92 Å². The molecule has 0 aromatic rings. The van der Waals surface area contributed by atoms with E-state index in [9.17, 15) is 9.90 Å². The molecule has 1 rings (SSSR count). The van der Waals surface area contributed by atoms with Gasteiger partial charge >= 0.3 is 5.97 Å². The monoisotopic (exact) mass is 336 g/mol. The molecule has 1 N–H and O–H groups in total. The molecule has 0 heterocycles. The summed E-state index contributed by atoms with van der Waals surface area (Å²) in [7, 11) is -1.73. The van der Waals surface area contributed by atoms with Crippen LogP contribution in [-0.2, 0) is 4.79 Å². The van der Waals surface area contributed by atoms with Crippen molar-refractivity contribution in [3.8, 4) is 11.5 Å². The summed E-state index contributed by atoms with van der Waals surface area (Å²) in [6, 6.07) is 0. The average Bonchev–Trinajstić information content (AvgIpc) is 2.46. The van der Waals surface area contributed by atoms with Gasteiger partial charge in [-0.2, -0.15) is 0 Å². The summed E-state index contributed by atoms with van der Waals surface area (Å²) in [5, 5.41) is 9.63. The minimum absolute atomic E-state index is 0.263. The average molecular weight is 337 g/mol. The predicted octanol–water partition coefficient (Wildman–Crippen LogP) is 5.88. The Morgan fingerprint density at radius 3 is 1.87 bits per heavy atom. The summed E-state index contributed by atoms with van der Waals surface area (Å²) in [6.45, 7) is 13.8. The van der Waals surface area contributed by atoms with Crippen LogP contribution >= 0.6 is 0 Å². The lowest BCUT2D eigenvalue weighted by Crippen LogP contribution is -2.43. The van der Waals surface area contributed by atoms with Gasteiger partial charge in [-0.05, 0) is 35.4 Å². The maximum absolute atomic E-state index is 11.7. The molecule has 0 aliphatic heterocycles. The molecule has 0 aromatic carbocycles. The van der Waals surface area contributed by atoms with Crippen LogP contribution in [0.1, 0.15) is 80.1 Å². The van der Waals surface area contributed by atoms with Crippen LogP contribution in [0.2, 0.25) is 16.6 Å². The first-order valence-corrected chi connectivity index (χ1v) is 11.7. The third-order valence-corrected chi connectivity index (χ3v) is 12.4. The van der Waals surface area contributed by atoms with Gasteiger partial charge in [0.2, 0.25) is 0 Å². The second-order valence-corrected chi connectivity index (χ2v) is 13.8. The van der Waals surface area contributed by atoms with E-state index in [1.807, 2.05) is 0 Å². The zero-order valence-corrected chi connectivity index (χ0v) is 17.0. The number of carbonyl (C=O) groups is 1. The van der Waals surface area contributed by atoms with Crippen molar-refractivity contribution in [3.63, 3.8) is 0 Å². The fraction of sp³-hybridized carbons (Fsp3) is 0.850. The van der Waals surface area contributed by atoms with Crippen LogP contribution in [-0.4, -0.2) is 19.1 Å². The Labute approximate surface area is 144 Å². The number of hydrogen-bond acceptors (Lipinski definition) is 1. The van der Waals surface area contributed by atoms with E-state index in [4.69, 9.17) is 0 Å². The third-order valence-electron chi connectivity index (χ3n) is 6.03. The zero-order valence-electron chi connectivity index (χ0n) is 16.0. The van der Waals surface area contributed by atoms with Gasteiger partial charge in [0.25, 0.3) is 0 Å². The molecule has 3 heteroatoms. The van der Waals surface area contributed by atoms with Crippen LogP contribution < -0.4 is 0 Å². The van der Waals surface area contributed by atoms with Crippen molar-refractivity contribution >= 4 is 14.0 Å². The summed E-state index contributed by atoms with van der Waals surface area (Å²) < 4.78 is 0. The molecule has 1 aliphatic rings. The Morgan fingerprint density at radius 1 is 1.00 bits per heavy atom. The molecule has 0 aromatic heterocycles. The van der Waals surface area contributed by atoms with Gasteiger partial charge in [0, 0.05) is 6.42 Å². The van der Waals surface area contributed by atoms with E-state index in [1.54, 1.807) is 0 Å². The van der Waals surface area contributed by atoms with Crippen molar-refractivity contribution < 1.29 is 9.90 Å². The summed E-state index contributed by atoms with van der Waals surface area (Å²) in [6.07, 6.45) is 6.31. The van der Waals surface area contributed by atoms with Crippen molar-refractivity contribution in [2.45, 2.75) is 96.7 Å². The number of carboxylic acid groups (broad SMARTS) is 1. The van der Waals surface area contributed by atoms with Crippen molar-refractivity contribution in [3.05, 3.63) is 0 Å². The van der Waals surface area contributed by atoms with E-state index < -0.39 is 14.0 Å². The third kappa shape index (κ3) is 4.86. The van der Waals surface area contributed by atoms with Crippen molar-refractivity contribution in [1.29, 1.82) is 0 Å². The van der Waals surface area contributed by atoms with Gasteiger partial charge in [0.05, 0.1) is 5.92 Å². The molecule has 1 unspecified atom stereocenters. The van der Waals surface area contributed by atoms with Crippen molar-refractivity contribution in [1.82, 2.24) is 0 Å². The van der Waals surface area contributed by atoms with E-state index in [0.29, 0.717) is 29.0 Å². The normalized spacial score (nSPS) is 18.1. The Balaban J connectivity index is 2.94. The highest BCUT2D eigenvalue weighted by molar-refractivity contribution is 6.90. The molecule has 0 radical (unpaired) electrons. The number of aliphatic carboxylic acids is 1. The molecule has 2 nitrogen and oxygen atoms in total. The van der Waals surface area contributed by atoms with E-state index in [2.05, 4.69) is 53.0 Å². The predicted molar refractivity (Wildman–Crippen MR) is 101 cm³/mol. The Bertz CT molecular complexity index is 415. The number of carboxylic acids is 1. The highest BCUT2D eigenvalue weighted by atomic mass is 28.3. The van der Waals surface area contributed by atoms with Crippen LogP contribution in [0.3, 0.4) is 0 Å². The second kappa shape index (κ2) is 8.92. The van der Waals surface area contributed by atoms with E-state index in [1.165, 1.54) is 19.3 Å². The molecule has 132 valence electrons. The largest absolute Gasteiger partial charge is 0.481 e. The summed E-state index contributed by atoms with van der Waals surface area (Å²) in [5.41, 5.74) is 5.50. The fourth-order valence-corrected chi connectivity index (χ4v) is 10.0. The quantitative estimate of drug-likeness (QED) is 0.486. The SMILES string of the molecule is CC(C)[Si](C#CCC(C(=O)O)C1CCCCC1)(C(C)C)C(C)C. The van der Waals surface area contributed by atoms with Crippen LogP contribution in [0.25, 0.3) is 0 Å². The lowest BCUT2D eigenvalue weighted by atomic mass is 9.79. The smallest absolute Gasteiger partial charge is 0.307 e. The second-order valence-electron chi connectivity index (χ2n) is 8.25. The molecule has 23 heavy (non-hydrogen) atoms. The minimum atomic E-state index is -1.73. The van der Waals surface area contributed by atoms with E-state index in [0.717, 1.165) is 12.8 Å². The molecular formula is C20H36O2Si. The first kappa shape index (κ1) is 20.3. The van der Waals surface area contributed by atoms with Crippen LogP contribution in [0.15, 0.2) is 0 Å².